The molecule has 7 nitrogen and oxygen atoms in total. The molecule has 0 aliphatic carbocycles. The van der Waals surface area contributed by atoms with Gasteiger partial charge in [0.1, 0.15) is 17.2 Å². The number of rotatable bonds is 9. The van der Waals surface area contributed by atoms with E-state index in [1.54, 1.807) is 33.1 Å². The highest BCUT2D eigenvalue weighted by molar-refractivity contribution is 7.98. The van der Waals surface area contributed by atoms with Crippen molar-refractivity contribution in [3.05, 3.63) is 48.0 Å². The molecular formula is C23H27N3O4S. The van der Waals surface area contributed by atoms with Crippen molar-refractivity contribution in [3.63, 3.8) is 0 Å². The first-order chi connectivity index (χ1) is 15.2. The average molecular weight is 442 g/mol. The van der Waals surface area contributed by atoms with E-state index >= 15 is 0 Å². The van der Waals surface area contributed by atoms with Crippen molar-refractivity contribution in [2.45, 2.75) is 36.4 Å². The zero-order valence-electron chi connectivity index (χ0n) is 18.0. The molecule has 0 saturated carbocycles. The number of hydrogen-bond acceptors (Lipinski definition) is 7. The van der Waals surface area contributed by atoms with E-state index in [0.717, 1.165) is 65.3 Å². The van der Waals surface area contributed by atoms with Crippen molar-refractivity contribution < 1.29 is 18.9 Å². The molecule has 1 aliphatic rings. The molecule has 1 atom stereocenters. The molecule has 1 saturated heterocycles. The van der Waals surface area contributed by atoms with E-state index in [2.05, 4.69) is 14.8 Å². The van der Waals surface area contributed by atoms with Crippen molar-refractivity contribution in [3.8, 4) is 28.6 Å². The minimum absolute atomic E-state index is 0.179. The maximum Gasteiger partial charge on any atom is 0.191 e. The van der Waals surface area contributed by atoms with Crippen LogP contribution in [0.3, 0.4) is 0 Å². The fourth-order valence-electron chi connectivity index (χ4n) is 3.64. The maximum atomic E-state index is 5.90. The molecule has 0 radical (unpaired) electrons. The number of aromatic nitrogens is 3. The molecule has 1 unspecified atom stereocenters. The van der Waals surface area contributed by atoms with Gasteiger partial charge in [0, 0.05) is 23.5 Å². The van der Waals surface area contributed by atoms with Gasteiger partial charge in [-0.15, -0.1) is 10.2 Å². The molecule has 0 amide bonds. The van der Waals surface area contributed by atoms with Gasteiger partial charge in [-0.1, -0.05) is 11.8 Å². The lowest BCUT2D eigenvalue weighted by atomic mass is 10.2. The molecule has 0 N–H and O–H groups in total. The number of methoxy groups -OCH3 is 3. The van der Waals surface area contributed by atoms with Gasteiger partial charge in [-0.25, -0.2) is 0 Å². The first kappa shape index (κ1) is 21.5. The monoisotopic (exact) mass is 441 g/mol. The van der Waals surface area contributed by atoms with Gasteiger partial charge in [-0.2, -0.15) is 0 Å². The third-order valence-corrected chi connectivity index (χ3v) is 6.34. The predicted molar refractivity (Wildman–Crippen MR) is 120 cm³/mol. The Morgan fingerprint density at radius 1 is 1.00 bits per heavy atom. The van der Waals surface area contributed by atoms with Gasteiger partial charge >= 0.3 is 0 Å². The van der Waals surface area contributed by atoms with Crippen LogP contribution >= 0.6 is 11.8 Å². The van der Waals surface area contributed by atoms with E-state index in [-0.39, 0.29) is 6.10 Å². The Morgan fingerprint density at radius 3 is 2.45 bits per heavy atom. The number of benzene rings is 2. The third-order valence-electron chi connectivity index (χ3n) is 5.32. The predicted octanol–water partition coefficient (Wildman–Crippen LogP) is 4.44. The van der Waals surface area contributed by atoms with Crippen molar-refractivity contribution in [2.24, 2.45) is 0 Å². The van der Waals surface area contributed by atoms with Crippen LogP contribution in [0.25, 0.3) is 11.4 Å². The number of thioether (sulfide) groups is 1. The van der Waals surface area contributed by atoms with Crippen LogP contribution in [0, 0.1) is 0 Å². The van der Waals surface area contributed by atoms with Gasteiger partial charge in [-0.05, 0) is 55.3 Å². The van der Waals surface area contributed by atoms with Gasteiger partial charge in [0.05, 0.1) is 34.0 Å². The zero-order chi connectivity index (χ0) is 21.6. The number of ether oxygens (including phenoxy) is 4. The molecule has 0 spiro atoms. The molecule has 1 fully saturated rings. The topological polar surface area (TPSA) is 67.6 Å². The first-order valence-electron chi connectivity index (χ1n) is 10.2. The van der Waals surface area contributed by atoms with E-state index < -0.39 is 0 Å². The number of nitrogens with zero attached hydrogens (tertiary/aromatic N) is 3. The van der Waals surface area contributed by atoms with Crippen molar-refractivity contribution in [1.29, 1.82) is 0 Å². The van der Waals surface area contributed by atoms with Gasteiger partial charge in [0.15, 0.2) is 11.0 Å². The average Bonchev–Trinajstić information content (AvgIpc) is 3.48. The Balaban J connectivity index is 1.61. The highest BCUT2D eigenvalue weighted by Gasteiger charge is 2.22. The van der Waals surface area contributed by atoms with Crippen LogP contribution in [0.15, 0.2) is 47.6 Å². The highest BCUT2D eigenvalue weighted by Crippen LogP contribution is 2.33. The molecule has 164 valence electrons. The Hall–Kier alpha value is -2.71. The summed E-state index contributed by atoms with van der Waals surface area (Å²) in [5.74, 6) is 3.96. The summed E-state index contributed by atoms with van der Waals surface area (Å²) in [6.07, 6.45) is 2.32. The normalized spacial score (nSPS) is 15.8. The maximum absolute atomic E-state index is 5.90. The smallest absolute Gasteiger partial charge is 0.191 e. The minimum Gasteiger partial charge on any atom is -0.497 e. The summed E-state index contributed by atoms with van der Waals surface area (Å²) in [5.41, 5.74) is 2.04. The summed E-state index contributed by atoms with van der Waals surface area (Å²) in [6, 6.07) is 13.7. The van der Waals surface area contributed by atoms with Crippen molar-refractivity contribution in [1.82, 2.24) is 14.8 Å². The van der Waals surface area contributed by atoms with Crippen molar-refractivity contribution >= 4 is 11.8 Å². The summed E-state index contributed by atoms with van der Waals surface area (Å²) in [7, 11) is 5.01. The molecule has 31 heavy (non-hydrogen) atoms. The fourth-order valence-corrected chi connectivity index (χ4v) is 4.57. The van der Waals surface area contributed by atoms with Gasteiger partial charge in [-0.3, -0.25) is 4.57 Å². The van der Waals surface area contributed by atoms with Crippen molar-refractivity contribution in [2.75, 3.05) is 27.9 Å². The Kier molecular flexibility index (Phi) is 6.99. The molecule has 0 bridgehead atoms. The van der Waals surface area contributed by atoms with Crippen LogP contribution in [0.2, 0.25) is 0 Å². The summed E-state index contributed by atoms with van der Waals surface area (Å²) >= 11 is 1.63. The van der Waals surface area contributed by atoms with E-state index in [0.29, 0.717) is 5.75 Å². The van der Waals surface area contributed by atoms with Gasteiger partial charge in [0.2, 0.25) is 0 Å². The second-order valence-corrected chi connectivity index (χ2v) is 8.19. The van der Waals surface area contributed by atoms with Crippen LogP contribution in [0.5, 0.6) is 17.2 Å². The summed E-state index contributed by atoms with van der Waals surface area (Å²) in [4.78, 5) is 0. The van der Waals surface area contributed by atoms with E-state index in [1.807, 2.05) is 42.5 Å². The van der Waals surface area contributed by atoms with Crippen LogP contribution in [-0.4, -0.2) is 48.8 Å². The third kappa shape index (κ3) is 4.97. The lowest BCUT2D eigenvalue weighted by Gasteiger charge is -2.15. The lowest BCUT2D eigenvalue weighted by Crippen LogP contribution is -2.16. The van der Waals surface area contributed by atoms with Crippen LogP contribution < -0.4 is 14.2 Å². The molecule has 2 aromatic carbocycles. The molecule has 1 aromatic heterocycles. The Labute approximate surface area is 186 Å². The lowest BCUT2D eigenvalue weighted by molar-refractivity contribution is 0.0953. The Morgan fingerprint density at radius 2 is 1.77 bits per heavy atom. The van der Waals surface area contributed by atoms with Crippen LogP contribution in [0.4, 0.5) is 0 Å². The molecule has 8 heteroatoms. The summed E-state index contributed by atoms with van der Waals surface area (Å²) in [5, 5.41) is 9.87. The minimum atomic E-state index is 0.179. The zero-order valence-corrected chi connectivity index (χ0v) is 18.9. The number of hydrogen-bond donors (Lipinski definition) is 0. The van der Waals surface area contributed by atoms with E-state index in [4.69, 9.17) is 18.9 Å². The van der Waals surface area contributed by atoms with Gasteiger partial charge in [0.25, 0.3) is 0 Å². The highest BCUT2D eigenvalue weighted by atomic mass is 32.2. The summed E-state index contributed by atoms with van der Waals surface area (Å²) < 4.78 is 24.2. The Bertz CT molecular complexity index is 1000. The molecule has 4 rings (SSSR count). The molecular weight excluding hydrogens is 414 g/mol. The fraction of sp³-hybridized carbons (Fsp3) is 0.391. The summed E-state index contributed by atoms with van der Waals surface area (Å²) in [6.45, 7) is 1.54. The quantitative estimate of drug-likeness (QED) is 0.455. The van der Waals surface area contributed by atoms with Gasteiger partial charge < -0.3 is 18.9 Å². The second-order valence-electron chi connectivity index (χ2n) is 7.25. The van der Waals surface area contributed by atoms with Crippen LogP contribution in [0.1, 0.15) is 18.4 Å². The van der Waals surface area contributed by atoms with E-state index in [9.17, 15) is 0 Å². The first-order valence-corrected chi connectivity index (χ1v) is 11.2. The van der Waals surface area contributed by atoms with Crippen LogP contribution in [-0.2, 0) is 17.0 Å². The SMILES string of the molecule is COc1ccc(-c2nnc(SCc3cc(OC)ccc3OC)n2CC2CCCO2)cc1. The largest absolute Gasteiger partial charge is 0.497 e. The molecule has 2 heterocycles. The second kappa shape index (κ2) is 10.1. The van der Waals surface area contributed by atoms with E-state index in [1.165, 1.54) is 0 Å². The molecule has 1 aliphatic heterocycles. The molecule has 3 aromatic rings. The standard InChI is InChI=1S/C23H27N3O4S/c1-27-18-8-6-16(7-9-18)22-24-25-23(26(22)14-20-5-4-12-30-20)31-15-17-13-19(28-2)10-11-21(17)29-3/h6-11,13,20H,4-5,12,14-15H2,1-3H3.